The average Bonchev–Trinajstić information content (AvgIpc) is 2.99. The Balaban J connectivity index is 2.14. The van der Waals surface area contributed by atoms with Crippen molar-refractivity contribution in [3.8, 4) is 0 Å². The van der Waals surface area contributed by atoms with Gasteiger partial charge in [0, 0.05) is 30.2 Å². The molecule has 2 aromatic rings. The van der Waals surface area contributed by atoms with Crippen molar-refractivity contribution >= 4 is 42.7 Å². The van der Waals surface area contributed by atoms with E-state index in [1.165, 1.54) is 0 Å². The summed E-state index contributed by atoms with van der Waals surface area (Å²) >= 11 is 0. The van der Waals surface area contributed by atoms with Crippen LogP contribution in [0.5, 0.6) is 0 Å². The highest BCUT2D eigenvalue weighted by atomic mass is 31.2. The molecule has 1 aliphatic rings. The minimum absolute atomic E-state index is 0.00789. The number of rotatable bonds is 13. The van der Waals surface area contributed by atoms with Gasteiger partial charge in [0.1, 0.15) is 6.10 Å². The van der Waals surface area contributed by atoms with E-state index in [0.717, 1.165) is 28.2 Å². The Morgan fingerprint density at radius 2 is 1.14 bits per heavy atom. The van der Waals surface area contributed by atoms with Gasteiger partial charge >= 0.3 is 0 Å². The molecule has 0 spiro atoms. The third kappa shape index (κ3) is 10.2. The highest BCUT2D eigenvalue weighted by Crippen LogP contribution is 2.51. The molecule has 0 bridgehead atoms. The standard InChI is InChI=1S/C41H69O5PSi3/c1-32-33(31-47(42,34-24-19-17-20-25-34)35-26-21-18-22-27-35)30-36(45-49(13,14)40(5,6)7)38(37(32)46-50(15,16)41(8,9)10)43-28-23-29-44-48(11,12)39(2,3)4/h17-22,24-27,31,36-38H,1,23,28-30H2,2-16H3/b33-31-/t36-,37-,38-/m1/s1. The molecule has 1 saturated carbocycles. The van der Waals surface area contributed by atoms with E-state index in [0.29, 0.717) is 19.6 Å². The lowest BCUT2D eigenvalue weighted by molar-refractivity contribution is -0.0879. The van der Waals surface area contributed by atoms with Gasteiger partial charge in [0.15, 0.2) is 32.1 Å². The van der Waals surface area contributed by atoms with Gasteiger partial charge in [-0.1, -0.05) is 130 Å². The minimum atomic E-state index is -3.19. The Kier molecular flexibility index (Phi) is 13.7. The second-order valence-electron chi connectivity index (χ2n) is 18.7. The van der Waals surface area contributed by atoms with Crippen molar-refractivity contribution < 1.29 is 22.6 Å². The molecule has 50 heavy (non-hydrogen) atoms. The second-order valence-corrected chi connectivity index (χ2v) is 35.7. The van der Waals surface area contributed by atoms with Gasteiger partial charge in [-0.2, -0.15) is 0 Å². The summed E-state index contributed by atoms with van der Waals surface area (Å²) in [5, 5.41) is 1.72. The molecular weight excluding hydrogens is 688 g/mol. The van der Waals surface area contributed by atoms with Gasteiger partial charge in [0.2, 0.25) is 0 Å². The van der Waals surface area contributed by atoms with E-state index in [2.05, 4.69) is 102 Å². The summed E-state index contributed by atoms with van der Waals surface area (Å²) in [6.07, 6.45) is 0.256. The molecule has 0 radical (unpaired) electrons. The van der Waals surface area contributed by atoms with E-state index in [9.17, 15) is 0 Å². The first-order valence-electron chi connectivity index (χ1n) is 18.5. The van der Waals surface area contributed by atoms with Crippen molar-refractivity contribution in [1.82, 2.24) is 0 Å². The van der Waals surface area contributed by atoms with Crippen molar-refractivity contribution in [3.05, 3.63) is 84.2 Å². The van der Waals surface area contributed by atoms with Crippen LogP contribution >= 0.6 is 7.14 Å². The minimum Gasteiger partial charge on any atom is -0.417 e. The predicted molar refractivity (Wildman–Crippen MR) is 223 cm³/mol. The molecule has 3 rings (SSSR count). The number of hydrogen-bond acceptors (Lipinski definition) is 5. The topological polar surface area (TPSA) is 54.0 Å². The van der Waals surface area contributed by atoms with Crippen LogP contribution in [0.2, 0.25) is 54.4 Å². The quantitative estimate of drug-likeness (QED) is 0.116. The smallest absolute Gasteiger partial charge is 0.193 e. The molecule has 280 valence electrons. The van der Waals surface area contributed by atoms with Gasteiger partial charge in [-0.3, -0.25) is 0 Å². The van der Waals surface area contributed by atoms with Gasteiger partial charge in [-0.15, -0.1) is 0 Å². The largest absolute Gasteiger partial charge is 0.417 e. The molecule has 0 aliphatic heterocycles. The van der Waals surface area contributed by atoms with Gasteiger partial charge in [0.05, 0.1) is 12.2 Å². The molecule has 1 fully saturated rings. The van der Waals surface area contributed by atoms with Crippen LogP contribution in [0.15, 0.2) is 84.2 Å². The van der Waals surface area contributed by atoms with Crippen LogP contribution in [0.3, 0.4) is 0 Å². The van der Waals surface area contributed by atoms with Gasteiger partial charge in [-0.05, 0) is 77.8 Å². The van der Waals surface area contributed by atoms with E-state index in [1.807, 2.05) is 66.5 Å². The Labute approximate surface area is 309 Å². The Bertz CT molecular complexity index is 1460. The van der Waals surface area contributed by atoms with Crippen molar-refractivity contribution in [2.75, 3.05) is 13.2 Å². The van der Waals surface area contributed by atoms with E-state index in [-0.39, 0.29) is 27.3 Å². The second kappa shape index (κ2) is 15.9. The predicted octanol–water partition coefficient (Wildman–Crippen LogP) is 11.4. The van der Waals surface area contributed by atoms with Gasteiger partial charge < -0.3 is 22.6 Å². The molecule has 9 heteroatoms. The molecule has 2 aromatic carbocycles. The monoisotopic (exact) mass is 756 g/mol. The molecule has 0 saturated heterocycles. The summed E-state index contributed by atoms with van der Waals surface area (Å²) in [5.41, 5.74) is 1.79. The lowest BCUT2D eigenvalue weighted by atomic mass is 9.85. The third-order valence-corrected chi connectivity index (χ3v) is 28.1. The van der Waals surface area contributed by atoms with E-state index >= 15 is 4.57 Å². The first-order chi connectivity index (χ1) is 22.7. The summed E-state index contributed by atoms with van der Waals surface area (Å²) in [5.74, 6) is 2.01. The third-order valence-electron chi connectivity index (χ3n) is 11.8. The fourth-order valence-corrected chi connectivity index (χ4v) is 11.5. The van der Waals surface area contributed by atoms with Gasteiger partial charge in [0.25, 0.3) is 0 Å². The Morgan fingerprint density at radius 1 is 0.700 bits per heavy atom. The Morgan fingerprint density at radius 3 is 1.58 bits per heavy atom. The van der Waals surface area contributed by atoms with E-state index < -0.39 is 38.2 Å². The fraction of sp³-hybridized carbons (Fsp3) is 0.610. The SMILES string of the molecule is C=C1/C(=C\P(=O)(c2ccccc2)c2ccccc2)C[C@@H](O[Si](C)(C)C(C)(C)C)[C@@H](OCCCO[Si](C)(C)C(C)(C)C)[C@@H]1O[Si](C)(C)C(C)(C)C. The molecule has 1 aliphatic carbocycles. The van der Waals surface area contributed by atoms with Crippen LogP contribution in [0.4, 0.5) is 0 Å². The summed E-state index contributed by atoms with van der Waals surface area (Å²) in [7, 11) is -9.65. The molecule has 3 atom stereocenters. The van der Waals surface area contributed by atoms with E-state index in [1.54, 1.807) is 0 Å². The fourth-order valence-electron chi connectivity index (χ4n) is 5.31. The summed E-state index contributed by atoms with van der Waals surface area (Å²) < 4.78 is 43.4. The molecule has 0 aromatic heterocycles. The maximum Gasteiger partial charge on any atom is 0.193 e. The first-order valence-corrected chi connectivity index (χ1v) is 29.0. The van der Waals surface area contributed by atoms with Crippen LogP contribution in [0.1, 0.15) is 75.2 Å². The zero-order valence-corrected chi connectivity index (χ0v) is 38.0. The number of ether oxygens (including phenoxy) is 1. The maximum atomic E-state index is 15.4. The first kappa shape index (κ1) is 43.0. The zero-order chi connectivity index (χ0) is 38.0. The molecule has 0 N–H and O–H groups in total. The van der Waals surface area contributed by atoms with E-state index in [4.69, 9.17) is 24.6 Å². The molecule has 0 unspecified atom stereocenters. The summed E-state index contributed by atoms with van der Waals surface area (Å²) in [6, 6.07) is 19.7. The molecular formula is C41H69O5PSi3. The van der Waals surface area contributed by atoms with Crippen LogP contribution < -0.4 is 10.6 Å². The van der Waals surface area contributed by atoms with Crippen molar-refractivity contribution in [2.24, 2.45) is 0 Å². The lowest BCUT2D eigenvalue weighted by Gasteiger charge is -2.49. The lowest BCUT2D eigenvalue weighted by Crippen LogP contribution is -2.57. The van der Waals surface area contributed by atoms with Crippen molar-refractivity contribution in [1.29, 1.82) is 0 Å². The molecule has 5 nitrogen and oxygen atoms in total. The normalized spacial score (nSPS) is 21.1. The van der Waals surface area contributed by atoms with Crippen LogP contribution in [-0.4, -0.2) is 56.5 Å². The summed E-state index contributed by atoms with van der Waals surface area (Å²) in [6.45, 7) is 40.1. The van der Waals surface area contributed by atoms with Crippen LogP contribution in [0, 0.1) is 0 Å². The zero-order valence-electron chi connectivity index (χ0n) is 34.1. The number of benzene rings is 2. The average molecular weight is 757 g/mol. The maximum absolute atomic E-state index is 15.4. The van der Waals surface area contributed by atoms with Crippen LogP contribution in [0.25, 0.3) is 0 Å². The number of hydrogen-bond donors (Lipinski definition) is 0. The van der Waals surface area contributed by atoms with Crippen molar-refractivity contribution in [3.63, 3.8) is 0 Å². The van der Waals surface area contributed by atoms with Crippen molar-refractivity contribution in [2.45, 2.75) is 148 Å². The van der Waals surface area contributed by atoms with Crippen LogP contribution in [-0.2, 0) is 22.6 Å². The molecule has 0 amide bonds. The Hall–Kier alpha value is -1.36. The van der Waals surface area contributed by atoms with Gasteiger partial charge in [-0.25, -0.2) is 0 Å². The summed E-state index contributed by atoms with van der Waals surface area (Å²) in [4.78, 5) is 0. The highest BCUT2D eigenvalue weighted by molar-refractivity contribution is 7.81. The highest BCUT2D eigenvalue weighted by Gasteiger charge is 2.50. The molecule has 0 heterocycles.